The van der Waals surface area contributed by atoms with E-state index in [-0.39, 0.29) is 0 Å². The molecule has 0 saturated heterocycles. The number of aromatic nitrogens is 2. The molecule has 4 aromatic carbocycles. The van der Waals surface area contributed by atoms with Gasteiger partial charge in [-0.1, -0.05) is 67.1 Å². The molecule has 0 unspecified atom stereocenters. The normalized spacial score (nSPS) is 11.7. The molecule has 2 aromatic heterocycles. The Kier molecular flexibility index (Phi) is 6.77. The van der Waals surface area contributed by atoms with E-state index < -0.39 is 0 Å². The molecule has 4 nitrogen and oxygen atoms in total. The second-order valence-corrected chi connectivity index (χ2v) is 11.4. The van der Waals surface area contributed by atoms with Crippen molar-refractivity contribution >= 4 is 78.5 Å². The van der Waals surface area contributed by atoms with Crippen LogP contribution >= 0.6 is 23.5 Å². The maximum Gasteiger partial charge on any atom is 0.0950 e. The van der Waals surface area contributed by atoms with Crippen LogP contribution in [0.2, 0.25) is 0 Å². The lowest BCUT2D eigenvalue weighted by Gasteiger charge is -2.12. The van der Waals surface area contributed by atoms with Gasteiger partial charge in [-0.2, -0.15) is 0 Å². The van der Waals surface area contributed by atoms with Gasteiger partial charge in [0.1, 0.15) is 0 Å². The zero-order valence-corrected chi connectivity index (χ0v) is 22.1. The maximum atomic E-state index is 6.27. The van der Waals surface area contributed by atoms with Gasteiger partial charge in [-0.05, 0) is 48.6 Å². The van der Waals surface area contributed by atoms with Crippen molar-refractivity contribution in [3.63, 3.8) is 0 Å². The quantitative estimate of drug-likeness (QED) is 0.0909. The molecule has 0 fully saturated rings. The highest BCUT2D eigenvalue weighted by Gasteiger charge is 2.13. The van der Waals surface area contributed by atoms with Gasteiger partial charge in [0.05, 0.1) is 33.4 Å². The van der Waals surface area contributed by atoms with E-state index >= 15 is 0 Å². The van der Waals surface area contributed by atoms with Crippen LogP contribution < -0.4 is 11.5 Å². The number of para-hydroxylation sites is 4. The number of pyridine rings is 2. The van der Waals surface area contributed by atoms with E-state index in [0.717, 1.165) is 68.6 Å². The third-order valence-corrected chi connectivity index (χ3v) is 9.11. The highest BCUT2D eigenvalue weighted by Crippen LogP contribution is 2.38. The van der Waals surface area contributed by atoms with Crippen LogP contribution in [0.1, 0.15) is 19.3 Å². The highest BCUT2D eigenvalue weighted by molar-refractivity contribution is 8.00. The number of hydrogen-bond acceptors (Lipinski definition) is 6. The highest BCUT2D eigenvalue weighted by atomic mass is 32.2. The lowest BCUT2D eigenvalue weighted by atomic mass is 10.1. The van der Waals surface area contributed by atoms with Crippen LogP contribution in [0.4, 0.5) is 11.4 Å². The SMILES string of the molecule is Nc1cccc2c(SCCCCCSc3c4ccccc4nc4c(N)cccc34)c3ccccc3nc12. The monoisotopic (exact) mass is 520 g/mol. The molecule has 0 bridgehead atoms. The predicted octanol–water partition coefficient (Wildman–Crippen LogP) is 8.31. The second-order valence-electron chi connectivity index (χ2n) is 9.16. The summed E-state index contributed by atoms with van der Waals surface area (Å²) in [5.41, 5.74) is 17.8. The number of fused-ring (bicyclic) bond motifs is 4. The zero-order chi connectivity index (χ0) is 25.2. The molecule has 6 aromatic rings. The summed E-state index contributed by atoms with van der Waals surface area (Å²) in [5.74, 6) is 2.14. The third-order valence-electron chi connectivity index (χ3n) is 6.67. The number of hydrogen-bond donors (Lipinski definition) is 2. The molecule has 0 saturated carbocycles. The molecule has 4 N–H and O–H groups in total. The van der Waals surface area contributed by atoms with Crippen molar-refractivity contribution in [1.29, 1.82) is 0 Å². The van der Waals surface area contributed by atoms with E-state index in [2.05, 4.69) is 48.5 Å². The standard InChI is InChI=1S/C31H28N4S2/c32-24-14-8-12-22-28(24)34-26-16-4-2-10-20(26)30(22)36-18-6-1-7-19-37-31-21-11-3-5-17-27(21)35-29-23(31)13-9-15-25(29)33/h2-5,8-17H,1,6-7,18-19,32-33H2. The van der Waals surface area contributed by atoms with Gasteiger partial charge in [0.15, 0.2) is 0 Å². The molecule has 0 aliphatic heterocycles. The molecule has 184 valence electrons. The summed E-state index contributed by atoms with van der Waals surface area (Å²) in [5, 5.41) is 4.71. The minimum absolute atomic E-state index is 0.736. The van der Waals surface area contributed by atoms with E-state index in [1.807, 2.05) is 59.9 Å². The van der Waals surface area contributed by atoms with E-state index in [9.17, 15) is 0 Å². The average molecular weight is 521 g/mol. The molecule has 6 rings (SSSR count). The Bertz CT molecular complexity index is 1620. The molecular weight excluding hydrogens is 493 g/mol. The van der Waals surface area contributed by atoms with Crippen LogP contribution in [-0.4, -0.2) is 21.5 Å². The number of nitrogens with two attached hydrogens (primary N) is 2. The van der Waals surface area contributed by atoms with Gasteiger partial charge in [0.2, 0.25) is 0 Å². The Labute approximate surface area is 224 Å². The molecule has 0 aliphatic rings. The molecule has 0 spiro atoms. The molecule has 37 heavy (non-hydrogen) atoms. The smallest absolute Gasteiger partial charge is 0.0950 e. The fourth-order valence-electron chi connectivity index (χ4n) is 4.84. The average Bonchev–Trinajstić information content (AvgIpc) is 2.92. The van der Waals surface area contributed by atoms with E-state index in [4.69, 9.17) is 21.4 Å². The van der Waals surface area contributed by atoms with E-state index in [0.29, 0.717) is 0 Å². The zero-order valence-electron chi connectivity index (χ0n) is 20.5. The number of nitrogens with zero attached hydrogens (tertiary/aromatic N) is 2. The third kappa shape index (κ3) is 4.67. The van der Waals surface area contributed by atoms with Gasteiger partial charge in [-0.15, -0.1) is 23.5 Å². The van der Waals surface area contributed by atoms with Gasteiger partial charge < -0.3 is 11.5 Å². The summed E-state index contributed by atoms with van der Waals surface area (Å²) >= 11 is 3.85. The van der Waals surface area contributed by atoms with Crippen molar-refractivity contribution in [1.82, 2.24) is 9.97 Å². The second kappa shape index (κ2) is 10.5. The number of benzene rings is 4. The van der Waals surface area contributed by atoms with Crippen LogP contribution in [0, 0.1) is 0 Å². The fraction of sp³-hybridized carbons (Fsp3) is 0.161. The molecule has 0 atom stereocenters. The largest absolute Gasteiger partial charge is 0.397 e. The molecule has 0 aliphatic carbocycles. The minimum atomic E-state index is 0.736. The Morgan fingerprint density at radius 1 is 0.486 bits per heavy atom. The summed E-state index contributed by atoms with van der Waals surface area (Å²) in [6, 6.07) is 28.9. The van der Waals surface area contributed by atoms with Gasteiger partial charge in [0, 0.05) is 31.3 Å². The van der Waals surface area contributed by atoms with Crippen LogP contribution in [-0.2, 0) is 0 Å². The van der Waals surface area contributed by atoms with Crippen molar-refractivity contribution < 1.29 is 0 Å². The summed E-state index contributed by atoms with van der Waals surface area (Å²) in [4.78, 5) is 12.2. The van der Waals surface area contributed by atoms with E-state index in [1.54, 1.807) is 0 Å². The fourth-order valence-corrected chi connectivity index (χ4v) is 7.24. The van der Waals surface area contributed by atoms with Crippen LogP contribution in [0.25, 0.3) is 43.6 Å². The topological polar surface area (TPSA) is 77.8 Å². The summed E-state index contributed by atoms with van der Waals surface area (Å²) in [6.07, 6.45) is 3.51. The number of nitrogen functional groups attached to an aromatic ring is 2. The molecule has 6 heteroatoms. The first kappa shape index (κ1) is 23.9. The van der Waals surface area contributed by atoms with Crippen LogP contribution in [0.5, 0.6) is 0 Å². The van der Waals surface area contributed by atoms with Gasteiger partial charge >= 0.3 is 0 Å². The molecule has 0 radical (unpaired) electrons. The van der Waals surface area contributed by atoms with Crippen molar-refractivity contribution in [2.75, 3.05) is 23.0 Å². The summed E-state index contributed by atoms with van der Waals surface area (Å²) in [7, 11) is 0. The van der Waals surface area contributed by atoms with Gasteiger partial charge in [0.25, 0.3) is 0 Å². The minimum Gasteiger partial charge on any atom is -0.397 e. The summed E-state index contributed by atoms with van der Waals surface area (Å²) < 4.78 is 0. The molecule has 2 heterocycles. The first-order valence-electron chi connectivity index (χ1n) is 12.6. The Morgan fingerprint density at radius 2 is 0.919 bits per heavy atom. The van der Waals surface area contributed by atoms with Gasteiger partial charge in [-0.25, -0.2) is 9.97 Å². The van der Waals surface area contributed by atoms with Gasteiger partial charge in [-0.3, -0.25) is 0 Å². The van der Waals surface area contributed by atoms with Crippen molar-refractivity contribution in [2.24, 2.45) is 0 Å². The van der Waals surface area contributed by atoms with Crippen molar-refractivity contribution in [3.05, 3.63) is 84.9 Å². The first-order valence-corrected chi connectivity index (χ1v) is 14.6. The lowest BCUT2D eigenvalue weighted by molar-refractivity contribution is 0.786. The van der Waals surface area contributed by atoms with Crippen LogP contribution in [0.3, 0.4) is 0 Å². The lowest BCUT2D eigenvalue weighted by Crippen LogP contribution is -1.94. The Hall–Kier alpha value is -3.48. The molecule has 0 amide bonds. The van der Waals surface area contributed by atoms with Crippen LogP contribution in [0.15, 0.2) is 94.7 Å². The number of unbranched alkanes of at least 4 members (excludes halogenated alkanes) is 2. The molecular formula is C31H28N4S2. The number of thioether (sulfide) groups is 2. The maximum absolute atomic E-state index is 6.27. The Morgan fingerprint density at radius 3 is 1.41 bits per heavy atom. The first-order chi connectivity index (χ1) is 18.2. The number of anilines is 2. The van der Waals surface area contributed by atoms with E-state index in [1.165, 1.54) is 27.0 Å². The predicted molar refractivity (Wildman–Crippen MR) is 163 cm³/mol. The summed E-state index contributed by atoms with van der Waals surface area (Å²) in [6.45, 7) is 0. The van der Waals surface area contributed by atoms with Crippen molar-refractivity contribution in [2.45, 2.75) is 29.1 Å². The van der Waals surface area contributed by atoms with Crippen molar-refractivity contribution in [3.8, 4) is 0 Å². The number of rotatable bonds is 8. The Balaban J connectivity index is 1.12.